The highest BCUT2D eigenvalue weighted by atomic mass is 16.2. The van der Waals surface area contributed by atoms with Gasteiger partial charge in [0.2, 0.25) is 5.91 Å². The van der Waals surface area contributed by atoms with E-state index in [4.69, 9.17) is 4.98 Å². The number of para-hydroxylation sites is 2. The minimum Gasteiger partial charge on any atom is -0.329 e. The highest BCUT2D eigenvalue weighted by molar-refractivity contribution is 5.92. The van der Waals surface area contributed by atoms with E-state index in [1.54, 1.807) is 16.7 Å². The van der Waals surface area contributed by atoms with Crippen molar-refractivity contribution >= 4 is 22.9 Å². The lowest BCUT2D eigenvalue weighted by molar-refractivity contribution is -0.128. The second kappa shape index (κ2) is 10.8. The summed E-state index contributed by atoms with van der Waals surface area (Å²) in [5.74, 6) is 0.479. The van der Waals surface area contributed by atoms with Gasteiger partial charge in [-0.2, -0.15) is 0 Å². The summed E-state index contributed by atoms with van der Waals surface area (Å²) in [6.07, 6.45) is 4.86. The van der Waals surface area contributed by atoms with Crippen molar-refractivity contribution < 1.29 is 4.79 Å². The predicted octanol–water partition coefficient (Wildman–Crippen LogP) is 5.79. The maximum Gasteiger partial charge on any atom is 0.266 e. The quantitative estimate of drug-likeness (QED) is 0.319. The monoisotopic (exact) mass is 451 g/mol. The van der Waals surface area contributed by atoms with E-state index < -0.39 is 0 Å². The van der Waals surface area contributed by atoms with Crippen LogP contribution in [0.3, 0.4) is 0 Å². The minimum atomic E-state index is -0.356. The molecule has 1 heterocycles. The molecular weight excluding hydrogens is 422 g/mol. The van der Waals surface area contributed by atoms with Gasteiger partial charge in [0.25, 0.3) is 5.56 Å². The lowest BCUT2D eigenvalue weighted by atomic mass is 10.1. The van der Waals surface area contributed by atoms with E-state index in [0.29, 0.717) is 29.7 Å². The van der Waals surface area contributed by atoms with E-state index in [2.05, 4.69) is 0 Å². The molecule has 5 heteroatoms. The van der Waals surface area contributed by atoms with Gasteiger partial charge in [-0.15, -0.1) is 0 Å². The lowest BCUT2D eigenvalue weighted by Crippen LogP contribution is -2.38. The molecule has 5 nitrogen and oxygen atoms in total. The van der Waals surface area contributed by atoms with E-state index in [0.717, 1.165) is 17.7 Å². The fraction of sp³-hybridized carbons (Fsp3) is 0.207. The largest absolute Gasteiger partial charge is 0.329 e. The van der Waals surface area contributed by atoms with Crippen molar-refractivity contribution in [2.24, 2.45) is 0 Å². The van der Waals surface area contributed by atoms with E-state index in [1.165, 1.54) is 0 Å². The van der Waals surface area contributed by atoms with Gasteiger partial charge in [-0.1, -0.05) is 74.5 Å². The number of benzene rings is 3. The Bertz CT molecular complexity index is 1340. The molecule has 0 aliphatic rings. The summed E-state index contributed by atoms with van der Waals surface area (Å²) < 4.78 is 1.66. The summed E-state index contributed by atoms with van der Waals surface area (Å²) >= 11 is 0. The Morgan fingerprint density at radius 3 is 2.26 bits per heavy atom. The van der Waals surface area contributed by atoms with Gasteiger partial charge < -0.3 is 4.90 Å². The molecule has 1 atom stereocenters. The zero-order chi connectivity index (χ0) is 23.9. The van der Waals surface area contributed by atoms with E-state index >= 15 is 0 Å². The van der Waals surface area contributed by atoms with Crippen LogP contribution in [0.4, 0.5) is 0 Å². The van der Waals surface area contributed by atoms with E-state index in [9.17, 15) is 9.59 Å². The van der Waals surface area contributed by atoms with Crippen molar-refractivity contribution in [1.82, 2.24) is 14.5 Å². The highest BCUT2D eigenvalue weighted by Crippen LogP contribution is 2.26. The Morgan fingerprint density at radius 1 is 0.941 bits per heavy atom. The van der Waals surface area contributed by atoms with Crippen LogP contribution in [0.15, 0.2) is 95.8 Å². The molecule has 172 valence electrons. The molecule has 3 aromatic carbocycles. The predicted molar refractivity (Wildman–Crippen MR) is 138 cm³/mol. The van der Waals surface area contributed by atoms with Crippen LogP contribution in [-0.4, -0.2) is 26.9 Å². The summed E-state index contributed by atoms with van der Waals surface area (Å²) in [6, 6.07) is 26.3. The molecule has 1 aromatic heterocycles. The first kappa shape index (κ1) is 23.2. The zero-order valence-corrected chi connectivity index (χ0v) is 19.6. The maximum absolute atomic E-state index is 13.6. The van der Waals surface area contributed by atoms with Crippen LogP contribution in [-0.2, 0) is 4.79 Å². The molecule has 0 bridgehead atoms. The topological polar surface area (TPSA) is 55.2 Å². The van der Waals surface area contributed by atoms with E-state index in [-0.39, 0.29) is 17.5 Å². The van der Waals surface area contributed by atoms with E-state index in [1.807, 2.05) is 104 Å². The Hall–Kier alpha value is -3.99. The third kappa shape index (κ3) is 4.84. The molecule has 1 amide bonds. The fourth-order valence-corrected chi connectivity index (χ4v) is 4.23. The lowest BCUT2D eigenvalue weighted by Gasteiger charge is -2.31. The van der Waals surface area contributed by atoms with Gasteiger partial charge in [0.1, 0.15) is 5.82 Å². The fourth-order valence-electron chi connectivity index (χ4n) is 4.23. The normalized spacial score (nSPS) is 12.2. The smallest absolute Gasteiger partial charge is 0.266 e. The first-order valence-corrected chi connectivity index (χ1v) is 11.7. The maximum atomic E-state index is 13.6. The van der Waals surface area contributed by atoms with Gasteiger partial charge in [-0.3, -0.25) is 14.2 Å². The van der Waals surface area contributed by atoms with Crippen molar-refractivity contribution in [1.29, 1.82) is 0 Å². The first-order valence-electron chi connectivity index (χ1n) is 11.7. The Labute approximate surface area is 200 Å². The third-order valence-electron chi connectivity index (χ3n) is 5.84. The molecule has 0 N–H and O–H groups in total. The molecular formula is C29H29N3O2. The van der Waals surface area contributed by atoms with Gasteiger partial charge >= 0.3 is 0 Å². The molecule has 0 fully saturated rings. The van der Waals surface area contributed by atoms with Crippen LogP contribution >= 0.6 is 0 Å². The number of carbonyl (C=O) groups excluding carboxylic acids is 1. The Balaban J connectivity index is 1.84. The number of fused-ring (bicyclic) bond motifs is 1. The van der Waals surface area contributed by atoms with Crippen molar-refractivity contribution in [3.8, 4) is 5.69 Å². The number of hydrogen-bond donors (Lipinski definition) is 0. The molecule has 4 aromatic rings. The highest BCUT2D eigenvalue weighted by Gasteiger charge is 2.27. The van der Waals surface area contributed by atoms with Crippen molar-refractivity contribution in [3.63, 3.8) is 0 Å². The molecule has 0 aliphatic heterocycles. The molecule has 0 spiro atoms. The number of carbonyl (C=O) groups is 1. The van der Waals surface area contributed by atoms with Crippen molar-refractivity contribution in [2.45, 2.75) is 32.7 Å². The third-order valence-corrected chi connectivity index (χ3v) is 5.84. The standard InChI is InChI=1S/C29H29N3O2/c1-3-21-31(27(33)20-19-22-13-7-5-8-14-22)26(4-2)28-30-25-18-12-11-17-24(25)29(34)32(28)23-15-9-6-10-16-23/h5-20,26H,3-4,21H2,1-2H3/b20-19+. The van der Waals surface area contributed by atoms with Crippen LogP contribution in [0.2, 0.25) is 0 Å². The molecule has 4 rings (SSSR count). The van der Waals surface area contributed by atoms with Crippen LogP contribution < -0.4 is 5.56 Å². The second-order valence-electron chi connectivity index (χ2n) is 8.16. The molecule has 1 unspecified atom stereocenters. The average Bonchev–Trinajstić information content (AvgIpc) is 2.88. The number of nitrogens with zero attached hydrogens (tertiary/aromatic N) is 3. The van der Waals surface area contributed by atoms with Gasteiger partial charge in [-0.05, 0) is 48.7 Å². The number of rotatable bonds is 8. The summed E-state index contributed by atoms with van der Waals surface area (Å²) in [7, 11) is 0. The van der Waals surface area contributed by atoms with Crippen LogP contribution in [0.1, 0.15) is 44.1 Å². The Kier molecular flexibility index (Phi) is 7.33. The molecule has 0 saturated heterocycles. The summed E-state index contributed by atoms with van der Waals surface area (Å²) in [4.78, 5) is 33.8. The van der Waals surface area contributed by atoms with Crippen LogP contribution in [0.25, 0.3) is 22.7 Å². The number of amides is 1. The van der Waals surface area contributed by atoms with Crippen LogP contribution in [0, 0.1) is 0 Å². The second-order valence-corrected chi connectivity index (χ2v) is 8.16. The molecule has 0 saturated carbocycles. The van der Waals surface area contributed by atoms with Gasteiger partial charge in [0.15, 0.2) is 0 Å². The summed E-state index contributed by atoms with van der Waals surface area (Å²) in [6.45, 7) is 4.64. The summed E-state index contributed by atoms with van der Waals surface area (Å²) in [5.41, 5.74) is 2.21. The molecule has 0 radical (unpaired) electrons. The minimum absolute atomic E-state index is 0.0976. The van der Waals surface area contributed by atoms with Gasteiger partial charge in [0, 0.05) is 12.6 Å². The van der Waals surface area contributed by atoms with Crippen molar-refractivity contribution in [3.05, 3.63) is 113 Å². The zero-order valence-electron chi connectivity index (χ0n) is 19.6. The SMILES string of the molecule is CCCN(C(=O)/C=C/c1ccccc1)C(CC)c1nc2ccccc2c(=O)n1-c1ccccc1. The molecule has 34 heavy (non-hydrogen) atoms. The average molecular weight is 452 g/mol. The number of hydrogen-bond acceptors (Lipinski definition) is 3. The van der Waals surface area contributed by atoms with Crippen LogP contribution in [0.5, 0.6) is 0 Å². The number of aromatic nitrogens is 2. The molecule has 0 aliphatic carbocycles. The van der Waals surface area contributed by atoms with Crippen molar-refractivity contribution in [2.75, 3.05) is 6.54 Å². The summed E-state index contributed by atoms with van der Waals surface area (Å²) in [5, 5.41) is 0.558. The first-order chi connectivity index (χ1) is 16.6. The Morgan fingerprint density at radius 2 is 1.59 bits per heavy atom. The van der Waals surface area contributed by atoms with Gasteiger partial charge in [-0.25, -0.2) is 4.98 Å². The van der Waals surface area contributed by atoms with Gasteiger partial charge in [0.05, 0.1) is 22.6 Å².